The molecule has 0 radical (unpaired) electrons. The molecule has 4 atom stereocenters. The van der Waals surface area contributed by atoms with Gasteiger partial charge in [0.2, 0.25) is 0 Å². The average molecular weight is 151 g/mol. The van der Waals surface area contributed by atoms with E-state index in [0.29, 0.717) is 11.7 Å². The molecule has 1 N–H and O–H groups in total. The van der Waals surface area contributed by atoms with Crippen LogP contribution in [-0.2, 0) is 4.79 Å². The normalized spacial score (nSPS) is 53.6. The fourth-order valence-corrected chi connectivity index (χ4v) is 3.37. The van der Waals surface area contributed by atoms with Gasteiger partial charge in [0, 0.05) is 12.3 Å². The number of hydrogen-bond donors (Lipinski definition) is 1. The third kappa shape index (κ3) is 0.639. The Hall–Kier alpha value is -0.370. The summed E-state index contributed by atoms with van der Waals surface area (Å²) in [6.45, 7) is 2.29. The summed E-state index contributed by atoms with van der Waals surface area (Å²) in [6, 6.07) is 0. The molecule has 3 fully saturated rings. The zero-order valence-corrected chi connectivity index (χ0v) is 6.55. The van der Waals surface area contributed by atoms with Gasteiger partial charge in [0.05, 0.1) is 0 Å². The Labute approximate surface area is 66.4 Å². The SMILES string of the molecule is O=C1CC2CC1C1CNCC21. The van der Waals surface area contributed by atoms with Crippen LogP contribution >= 0.6 is 0 Å². The predicted octanol–water partition coefficient (Wildman–Crippen LogP) is 0.431. The maximum Gasteiger partial charge on any atom is 0.136 e. The van der Waals surface area contributed by atoms with E-state index in [9.17, 15) is 4.79 Å². The van der Waals surface area contributed by atoms with Gasteiger partial charge in [-0.1, -0.05) is 0 Å². The second-order valence-corrected chi connectivity index (χ2v) is 4.26. The van der Waals surface area contributed by atoms with E-state index in [0.717, 1.165) is 30.7 Å². The van der Waals surface area contributed by atoms with Crippen molar-refractivity contribution in [1.82, 2.24) is 5.32 Å². The third-order valence-electron chi connectivity index (χ3n) is 3.87. The van der Waals surface area contributed by atoms with Crippen LogP contribution in [0.25, 0.3) is 0 Å². The quantitative estimate of drug-likeness (QED) is 0.544. The molecule has 0 aromatic carbocycles. The summed E-state index contributed by atoms with van der Waals surface area (Å²) in [5.41, 5.74) is 0. The van der Waals surface area contributed by atoms with Gasteiger partial charge in [0.25, 0.3) is 0 Å². The highest BCUT2D eigenvalue weighted by Crippen LogP contribution is 2.51. The van der Waals surface area contributed by atoms with E-state index < -0.39 is 0 Å². The fourth-order valence-electron chi connectivity index (χ4n) is 3.37. The molecule has 3 rings (SSSR count). The van der Waals surface area contributed by atoms with Gasteiger partial charge < -0.3 is 5.32 Å². The summed E-state index contributed by atoms with van der Waals surface area (Å²) in [5.74, 6) is 3.35. The molecule has 1 aliphatic heterocycles. The van der Waals surface area contributed by atoms with Crippen molar-refractivity contribution in [2.75, 3.05) is 13.1 Å². The van der Waals surface area contributed by atoms with Crippen molar-refractivity contribution in [3.63, 3.8) is 0 Å². The molecular formula is C9H13NO. The van der Waals surface area contributed by atoms with Gasteiger partial charge in [-0.25, -0.2) is 0 Å². The maximum absolute atomic E-state index is 11.4. The van der Waals surface area contributed by atoms with Gasteiger partial charge >= 0.3 is 0 Å². The van der Waals surface area contributed by atoms with Crippen LogP contribution in [0.3, 0.4) is 0 Å². The molecule has 2 nitrogen and oxygen atoms in total. The highest BCUT2D eigenvalue weighted by atomic mass is 16.1. The van der Waals surface area contributed by atoms with Crippen LogP contribution in [0.15, 0.2) is 0 Å². The third-order valence-corrected chi connectivity index (χ3v) is 3.87. The van der Waals surface area contributed by atoms with Crippen molar-refractivity contribution in [3.05, 3.63) is 0 Å². The molecule has 2 bridgehead atoms. The molecule has 1 saturated heterocycles. The lowest BCUT2D eigenvalue weighted by Gasteiger charge is -2.21. The standard InChI is InChI=1S/C9H13NO/c11-9-2-5-1-6(9)8-4-10-3-7(5)8/h5-8,10H,1-4H2. The summed E-state index contributed by atoms with van der Waals surface area (Å²) >= 11 is 0. The van der Waals surface area contributed by atoms with Crippen molar-refractivity contribution in [3.8, 4) is 0 Å². The molecule has 2 heteroatoms. The van der Waals surface area contributed by atoms with E-state index in [-0.39, 0.29) is 0 Å². The van der Waals surface area contributed by atoms with Gasteiger partial charge in [0.1, 0.15) is 5.78 Å². The molecule has 2 aliphatic carbocycles. The van der Waals surface area contributed by atoms with Crippen LogP contribution in [0.2, 0.25) is 0 Å². The first-order chi connectivity index (χ1) is 5.36. The Balaban J connectivity index is 1.95. The van der Waals surface area contributed by atoms with E-state index in [1.54, 1.807) is 0 Å². The van der Waals surface area contributed by atoms with Gasteiger partial charge in [-0.2, -0.15) is 0 Å². The van der Waals surface area contributed by atoms with E-state index >= 15 is 0 Å². The summed E-state index contributed by atoms with van der Waals surface area (Å²) in [5, 5.41) is 3.39. The molecule has 11 heavy (non-hydrogen) atoms. The molecule has 4 unspecified atom stereocenters. The molecule has 1 heterocycles. The molecule has 0 aromatic heterocycles. The van der Waals surface area contributed by atoms with Gasteiger partial charge in [0.15, 0.2) is 0 Å². The molecule has 0 aromatic rings. The second-order valence-electron chi connectivity index (χ2n) is 4.26. The lowest BCUT2D eigenvalue weighted by atomic mass is 9.81. The molecule has 0 amide bonds. The van der Waals surface area contributed by atoms with Crippen LogP contribution in [0.1, 0.15) is 12.8 Å². The van der Waals surface area contributed by atoms with E-state index in [1.807, 2.05) is 0 Å². The Kier molecular flexibility index (Phi) is 1.05. The number of nitrogens with one attached hydrogen (secondary N) is 1. The predicted molar refractivity (Wildman–Crippen MR) is 41.1 cm³/mol. The molecule has 0 spiro atoms. The highest BCUT2D eigenvalue weighted by molar-refractivity contribution is 5.85. The van der Waals surface area contributed by atoms with E-state index in [4.69, 9.17) is 0 Å². The van der Waals surface area contributed by atoms with E-state index in [1.165, 1.54) is 13.0 Å². The van der Waals surface area contributed by atoms with Crippen LogP contribution in [0, 0.1) is 23.7 Å². The number of ketones is 1. The first kappa shape index (κ1) is 6.18. The molecule has 60 valence electrons. The number of Topliss-reactive ketones (excluding diaryl/α,β-unsaturated/α-hetero) is 1. The minimum absolute atomic E-state index is 0.458. The fraction of sp³-hybridized carbons (Fsp3) is 0.889. The Morgan fingerprint density at radius 2 is 2.09 bits per heavy atom. The largest absolute Gasteiger partial charge is 0.316 e. The Morgan fingerprint density at radius 1 is 1.27 bits per heavy atom. The minimum Gasteiger partial charge on any atom is -0.316 e. The van der Waals surface area contributed by atoms with Crippen molar-refractivity contribution in [2.24, 2.45) is 23.7 Å². The maximum atomic E-state index is 11.4. The monoisotopic (exact) mass is 151 g/mol. The summed E-state index contributed by atoms with van der Waals surface area (Å²) < 4.78 is 0. The first-order valence-corrected chi connectivity index (χ1v) is 4.59. The lowest BCUT2D eigenvalue weighted by molar-refractivity contribution is -0.123. The number of rotatable bonds is 0. The van der Waals surface area contributed by atoms with Crippen molar-refractivity contribution in [1.29, 1.82) is 0 Å². The molecule has 2 saturated carbocycles. The van der Waals surface area contributed by atoms with E-state index in [2.05, 4.69) is 5.32 Å². The summed E-state index contributed by atoms with van der Waals surface area (Å²) in [4.78, 5) is 11.4. The second kappa shape index (κ2) is 1.86. The van der Waals surface area contributed by atoms with Crippen molar-refractivity contribution >= 4 is 5.78 Å². The van der Waals surface area contributed by atoms with Gasteiger partial charge in [-0.15, -0.1) is 0 Å². The molecule has 3 aliphatic rings. The highest BCUT2D eigenvalue weighted by Gasteiger charge is 2.53. The van der Waals surface area contributed by atoms with Gasteiger partial charge in [-0.05, 0) is 37.3 Å². The van der Waals surface area contributed by atoms with Crippen molar-refractivity contribution < 1.29 is 4.79 Å². The first-order valence-electron chi connectivity index (χ1n) is 4.59. The average Bonchev–Trinajstić information content (AvgIpc) is 2.52. The van der Waals surface area contributed by atoms with Crippen LogP contribution in [0.5, 0.6) is 0 Å². The summed E-state index contributed by atoms with van der Waals surface area (Å²) in [7, 11) is 0. The van der Waals surface area contributed by atoms with Crippen LogP contribution < -0.4 is 5.32 Å². The Bertz CT molecular complexity index is 214. The number of hydrogen-bond acceptors (Lipinski definition) is 2. The van der Waals surface area contributed by atoms with Crippen LogP contribution in [-0.4, -0.2) is 18.9 Å². The minimum atomic E-state index is 0.458. The Morgan fingerprint density at radius 3 is 3.00 bits per heavy atom. The van der Waals surface area contributed by atoms with Crippen LogP contribution in [0.4, 0.5) is 0 Å². The number of fused-ring (bicyclic) bond motifs is 5. The smallest absolute Gasteiger partial charge is 0.136 e. The summed E-state index contributed by atoms with van der Waals surface area (Å²) in [6.07, 6.45) is 2.11. The number of carbonyl (C=O) groups excluding carboxylic acids is 1. The number of carbonyl (C=O) groups is 1. The zero-order valence-electron chi connectivity index (χ0n) is 6.55. The lowest BCUT2D eigenvalue weighted by Crippen LogP contribution is -2.26. The topological polar surface area (TPSA) is 29.1 Å². The zero-order chi connectivity index (χ0) is 7.42. The molecular weight excluding hydrogens is 138 g/mol. The van der Waals surface area contributed by atoms with Crippen molar-refractivity contribution in [2.45, 2.75) is 12.8 Å². The van der Waals surface area contributed by atoms with Gasteiger partial charge in [-0.3, -0.25) is 4.79 Å².